The van der Waals surface area contributed by atoms with Crippen LogP contribution in [0, 0.1) is 17.1 Å². The quantitative estimate of drug-likeness (QED) is 0.925. The van der Waals surface area contributed by atoms with Gasteiger partial charge in [0.2, 0.25) is 0 Å². The fourth-order valence-electron chi connectivity index (χ4n) is 1.71. The molecule has 1 heterocycles. The Balaban J connectivity index is 2.62. The summed E-state index contributed by atoms with van der Waals surface area (Å²) in [5.41, 5.74) is 0.260. The van der Waals surface area contributed by atoms with Gasteiger partial charge in [0.05, 0.1) is 11.3 Å². The standard InChI is InChI=1S/C13H11FN4O2/c1-7(2)12-16-11(13(19)20)17-18(12)9-3-4-10(14)8(5-9)6-15/h3-5,7H,1-2H3,(H,19,20). The second-order valence-electron chi connectivity index (χ2n) is 4.44. The Labute approximate surface area is 114 Å². The lowest BCUT2D eigenvalue weighted by Gasteiger charge is -2.08. The highest BCUT2D eigenvalue weighted by atomic mass is 19.1. The zero-order chi connectivity index (χ0) is 14.9. The summed E-state index contributed by atoms with van der Waals surface area (Å²) in [7, 11) is 0. The second kappa shape index (κ2) is 5.09. The van der Waals surface area contributed by atoms with Crippen LogP contribution in [0.4, 0.5) is 4.39 Å². The van der Waals surface area contributed by atoms with E-state index < -0.39 is 11.8 Å². The van der Waals surface area contributed by atoms with Gasteiger partial charge in [-0.1, -0.05) is 13.8 Å². The number of carboxylic acid groups (broad SMARTS) is 1. The number of nitriles is 1. The molecule has 0 atom stereocenters. The van der Waals surface area contributed by atoms with E-state index in [4.69, 9.17) is 10.4 Å². The molecule has 0 amide bonds. The molecule has 1 aromatic heterocycles. The molecule has 102 valence electrons. The summed E-state index contributed by atoms with van der Waals surface area (Å²) in [6.07, 6.45) is 0. The Morgan fingerprint density at radius 1 is 1.50 bits per heavy atom. The summed E-state index contributed by atoms with van der Waals surface area (Å²) < 4.78 is 14.6. The molecule has 1 N–H and O–H groups in total. The van der Waals surface area contributed by atoms with Crippen LogP contribution < -0.4 is 0 Å². The molecule has 0 aliphatic rings. The van der Waals surface area contributed by atoms with Crippen molar-refractivity contribution in [2.24, 2.45) is 0 Å². The van der Waals surface area contributed by atoms with Crippen LogP contribution in [-0.2, 0) is 0 Å². The monoisotopic (exact) mass is 274 g/mol. The molecule has 20 heavy (non-hydrogen) atoms. The number of halogens is 1. The second-order valence-corrected chi connectivity index (χ2v) is 4.44. The number of aromatic carboxylic acids is 1. The van der Waals surface area contributed by atoms with Crippen molar-refractivity contribution < 1.29 is 14.3 Å². The maximum atomic E-state index is 13.3. The van der Waals surface area contributed by atoms with E-state index in [2.05, 4.69) is 10.1 Å². The number of hydrogen-bond donors (Lipinski definition) is 1. The minimum absolute atomic E-state index is 0.0776. The molecule has 7 heteroatoms. The Hall–Kier alpha value is -2.75. The third-order valence-electron chi connectivity index (χ3n) is 2.65. The molecule has 2 rings (SSSR count). The highest BCUT2D eigenvalue weighted by Gasteiger charge is 2.19. The van der Waals surface area contributed by atoms with Gasteiger partial charge < -0.3 is 5.11 Å². The molecule has 0 radical (unpaired) electrons. The molecule has 0 fully saturated rings. The maximum absolute atomic E-state index is 13.3. The van der Waals surface area contributed by atoms with E-state index in [0.29, 0.717) is 11.5 Å². The van der Waals surface area contributed by atoms with Crippen molar-refractivity contribution in [3.05, 3.63) is 41.2 Å². The first-order chi connectivity index (χ1) is 9.43. The van der Waals surface area contributed by atoms with E-state index in [1.165, 1.54) is 16.8 Å². The number of rotatable bonds is 3. The van der Waals surface area contributed by atoms with Gasteiger partial charge in [-0.15, -0.1) is 5.10 Å². The van der Waals surface area contributed by atoms with Gasteiger partial charge in [-0.2, -0.15) is 5.26 Å². The molecule has 0 spiro atoms. The van der Waals surface area contributed by atoms with E-state index in [1.807, 2.05) is 13.8 Å². The van der Waals surface area contributed by atoms with E-state index >= 15 is 0 Å². The zero-order valence-corrected chi connectivity index (χ0v) is 10.8. The molecule has 2 aromatic rings. The third kappa shape index (κ3) is 2.36. The highest BCUT2D eigenvalue weighted by molar-refractivity contribution is 5.83. The normalized spacial score (nSPS) is 10.6. The molecule has 0 aliphatic heterocycles. The number of hydrogen-bond acceptors (Lipinski definition) is 4. The van der Waals surface area contributed by atoms with Gasteiger partial charge in [-0.05, 0) is 18.2 Å². The topological polar surface area (TPSA) is 91.8 Å². The van der Waals surface area contributed by atoms with Crippen molar-refractivity contribution in [2.75, 3.05) is 0 Å². The Morgan fingerprint density at radius 3 is 2.75 bits per heavy atom. The van der Waals surface area contributed by atoms with E-state index in [-0.39, 0.29) is 17.3 Å². The van der Waals surface area contributed by atoms with Crippen LogP contribution in [0.2, 0.25) is 0 Å². The fourth-order valence-corrected chi connectivity index (χ4v) is 1.71. The summed E-state index contributed by atoms with van der Waals surface area (Å²) >= 11 is 0. The Kier molecular flexibility index (Phi) is 3.48. The van der Waals surface area contributed by atoms with Crippen molar-refractivity contribution in [1.29, 1.82) is 5.26 Å². The first-order valence-corrected chi connectivity index (χ1v) is 5.84. The number of nitrogens with zero attached hydrogens (tertiary/aromatic N) is 4. The summed E-state index contributed by atoms with van der Waals surface area (Å²) in [4.78, 5) is 14.9. The van der Waals surface area contributed by atoms with Gasteiger partial charge in [0, 0.05) is 5.92 Å². The molecular formula is C13H11FN4O2. The van der Waals surface area contributed by atoms with Gasteiger partial charge in [-0.3, -0.25) is 0 Å². The van der Waals surface area contributed by atoms with Crippen LogP contribution in [0.5, 0.6) is 0 Å². The lowest BCUT2D eigenvalue weighted by atomic mass is 10.2. The van der Waals surface area contributed by atoms with E-state index in [9.17, 15) is 9.18 Å². The average molecular weight is 274 g/mol. The lowest BCUT2D eigenvalue weighted by molar-refractivity contribution is 0.0683. The molecule has 0 unspecified atom stereocenters. The van der Waals surface area contributed by atoms with Crippen LogP contribution in [0.15, 0.2) is 18.2 Å². The summed E-state index contributed by atoms with van der Waals surface area (Å²) in [5.74, 6) is -1.87. The highest BCUT2D eigenvalue weighted by Crippen LogP contribution is 2.19. The van der Waals surface area contributed by atoms with Gasteiger partial charge in [-0.25, -0.2) is 18.9 Å². The number of carboxylic acids is 1. The first-order valence-electron chi connectivity index (χ1n) is 5.84. The predicted octanol–water partition coefficient (Wildman–Crippen LogP) is 2.10. The van der Waals surface area contributed by atoms with Gasteiger partial charge in [0.1, 0.15) is 17.7 Å². The lowest BCUT2D eigenvalue weighted by Crippen LogP contribution is -2.05. The van der Waals surface area contributed by atoms with E-state index in [0.717, 1.165) is 6.07 Å². The van der Waals surface area contributed by atoms with Crippen LogP contribution in [0.3, 0.4) is 0 Å². The van der Waals surface area contributed by atoms with Crippen LogP contribution in [0.25, 0.3) is 5.69 Å². The van der Waals surface area contributed by atoms with Crippen LogP contribution >= 0.6 is 0 Å². The SMILES string of the molecule is CC(C)c1nc(C(=O)O)nn1-c1ccc(F)c(C#N)c1. The maximum Gasteiger partial charge on any atom is 0.375 e. The first kappa shape index (κ1) is 13.7. The smallest absolute Gasteiger partial charge is 0.375 e. The summed E-state index contributed by atoms with van der Waals surface area (Å²) in [5, 5.41) is 21.7. The molecule has 0 bridgehead atoms. The fraction of sp³-hybridized carbons (Fsp3) is 0.231. The van der Waals surface area contributed by atoms with Gasteiger partial charge >= 0.3 is 5.97 Å². The Bertz CT molecular complexity index is 716. The summed E-state index contributed by atoms with van der Waals surface area (Å²) in [6.45, 7) is 3.67. The van der Waals surface area contributed by atoms with Crippen LogP contribution in [0.1, 0.15) is 41.8 Å². The minimum Gasteiger partial charge on any atom is -0.475 e. The minimum atomic E-state index is -1.24. The molecule has 0 saturated heterocycles. The van der Waals surface area contributed by atoms with Gasteiger partial charge in [0.15, 0.2) is 0 Å². The number of benzene rings is 1. The predicted molar refractivity (Wildman–Crippen MR) is 67.1 cm³/mol. The molecule has 0 saturated carbocycles. The van der Waals surface area contributed by atoms with Crippen molar-refractivity contribution in [3.8, 4) is 11.8 Å². The van der Waals surface area contributed by atoms with Crippen molar-refractivity contribution in [1.82, 2.24) is 14.8 Å². The van der Waals surface area contributed by atoms with Gasteiger partial charge in [0.25, 0.3) is 5.82 Å². The number of aromatic nitrogens is 3. The van der Waals surface area contributed by atoms with Crippen LogP contribution in [-0.4, -0.2) is 25.8 Å². The molecular weight excluding hydrogens is 263 g/mol. The van der Waals surface area contributed by atoms with Crippen molar-refractivity contribution in [2.45, 2.75) is 19.8 Å². The average Bonchev–Trinajstić information content (AvgIpc) is 2.84. The largest absolute Gasteiger partial charge is 0.475 e. The van der Waals surface area contributed by atoms with E-state index in [1.54, 1.807) is 6.07 Å². The zero-order valence-electron chi connectivity index (χ0n) is 10.8. The molecule has 6 nitrogen and oxygen atoms in total. The molecule has 1 aromatic carbocycles. The number of carbonyl (C=O) groups is 1. The summed E-state index contributed by atoms with van der Waals surface area (Å²) in [6, 6.07) is 5.60. The molecule has 0 aliphatic carbocycles. The Morgan fingerprint density at radius 2 is 2.20 bits per heavy atom. The third-order valence-corrected chi connectivity index (χ3v) is 2.65. The van der Waals surface area contributed by atoms with Crippen molar-refractivity contribution >= 4 is 5.97 Å². The van der Waals surface area contributed by atoms with Crippen molar-refractivity contribution in [3.63, 3.8) is 0 Å².